The number of nitrogens with two attached hydrogens (primary N) is 1. The van der Waals surface area contributed by atoms with Crippen molar-refractivity contribution in [2.45, 2.75) is 13.5 Å². The van der Waals surface area contributed by atoms with Gasteiger partial charge < -0.3 is 15.4 Å². The number of nitrogen functional groups attached to an aromatic ring is 1. The summed E-state index contributed by atoms with van der Waals surface area (Å²) in [6.45, 7) is 2.71. The van der Waals surface area contributed by atoms with Crippen LogP contribution in [-0.4, -0.2) is 24.1 Å². The van der Waals surface area contributed by atoms with Crippen molar-refractivity contribution >= 4 is 22.8 Å². The number of rotatable bonds is 4. The molecule has 0 aromatic carbocycles. The molecular weight excluding hydrogens is 248 g/mol. The van der Waals surface area contributed by atoms with Gasteiger partial charge in [-0.05, 0) is 19.1 Å². The third-order valence-corrected chi connectivity index (χ3v) is 3.35. The smallest absolute Gasteiger partial charge is 0.238 e. The number of aryl methyl sites for hydroxylation is 1. The average molecular weight is 264 g/mol. The first-order chi connectivity index (χ1) is 8.60. The van der Waals surface area contributed by atoms with E-state index in [4.69, 9.17) is 10.5 Å². The fourth-order valence-electron chi connectivity index (χ4n) is 1.62. The van der Waals surface area contributed by atoms with Gasteiger partial charge in [0.1, 0.15) is 5.82 Å². The second-order valence-electron chi connectivity index (χ2n) is 3.98. The van der Waals surface area contributed by atoms with Crippen molar-refractivity contribution in [2.75, 3.05) is 24.8 Å². The number of hydrogen-bond acceptors (Lipinski definition) is 6. The number of anilines is 2. The standard InChI is InChI=1S/C12H16N4OS/c1-8-14-9(7-18-8)6-16(2)11-5-4-10(13)12(15-11)17-3/h4-5,7H,6,13H2,1-3H3. The Hall–Kier alpha value is -1.82. The lowest BCUT2D eigenvalue weighted by molar-refractivity contribution is 0.400. The lowest BCUT2D eigenvalue weighted by atomic mass is 10.3. The molecule has 2 aromatic rings. The highest BCUT2D eigenvalue weighted by molar-refractivity contribution is 7.09. The molecule has 18 heavy (non-hydrogen) atoms. The normalized spacial score (nSPS) is 10.4. The highest BCUT2D eigenvalue weighted by Crippen LogP contribution is 2.23. The molecule has 2 aromatic heterocycles. The van der Waals surface area contributed by atoms with E-state index in [9.17, 15) is 0 Å². The van der Waals surface area contributed by atoms with Gasteiger partial charge in [0.25, 0.3) is 0 Å². The molecule has 0 unspecified atom stereocenters. The van der Waals surface area contributed by atoms with E-state index in [-0.39, 0.29) is 0 Å². The molecule has 0 fully saturated rings. The van der Waals surface area contributed by atoms with Gasteiger partial charge >= 0.3 is 0 Å². The van der Waals surface area contributed by atoms with E-state index in [2.05, 4.69) is 15.3 Å². The Morgan fingerprint density at radius 3 is 2.78 bits per heavy atom. The number of nitrogens with zero attached hydrogens (tertiary/aromatic N) is 3. The van der Waals surface area contributed by atoms with E-state index in [1.54, 1.807) is 24.5 Å². The minimum absolute atomic E-state index is 0.453. The molecule has 96 valence electrons. The largest absolute Gasteiger partial charge is 0.479 e. The second kappa shape index (κ2) is 5.22. The summed E-state index contributed by atoms with van der Waals surface area (Å²) >= 11 is 1.65. The SMILES string of the molecule is COc1nc(N(C)Cc2csc(C)n2)ccc1N. The zero-order chi connectivity index (χ0) is 13.1. The first-order valence-corrected chi connectivity index (χ1v) is 6.40. The summed E-state index contributed by atoms with van der Waals surface area (Å²) in [6, 6.07) is 3.67. The Morgan fingerprint density at radius 2 is 2.17 bits per heavy atom. The van der Waals surface area contributed by atoms with Crippen LogP contribution in [0.25, 0.3) is 0 Å². The van der Waals surface area contributed by atoms with Gasteiger partial charge in [-0.25, -0.2) is 4.98 Å². The molecule has 2 rings (SSSR count). The summed E-state index contributed by atoms with van der Waals surface area (Å²) in [6.07, 6.45) is 0. The van der Waals surface area contributed by atoms with Gasteiger partial charge in [-0.1, -0.05) is 0 Å². The maximum absolute atomic E-state index is 5.74. The third kappa shape index (κ3) is 2.70. The van der Waals surface area contributed by atoms with Gasteiger partial charge in [0.2, 0.25) is 5.88 Å². The van der Waals surface area contributed by atoms with Crippen LogP contribution >= 0.6 is 11.3 Å². The molecule has 2 heterocycles. The zero-order valence-corrected chi connectivity index (χ0v) is 11.5. The van der Waals surface area contributed by atoms with E-state index >= 15 is 0 Å². The quantitative estimate of drug-likeness (QED) is 0.916. The highest BCUT2D eigenvalue weighted by atomic mass is 32.1. The molecule has 0 bridgehead atoms. The van der Waals surface area contributed by atoms with Crippen LogP contribution in [0.1, 0.15) is 10.7 Å². The van der Waals surface area contributed by atoms with Crippen LogP contribution in [0.5, 0.6) is 5.88 Å². The van der Waals surface area contributed by atoms with Gasteiger partial charge in [-0.15, -0.1) is 11.3 Å². The number of pyridine rings is 1. The average Bonchev–Trinajstić information content (AvgIpc) is 2.75. The van der Waals surface area contributed by atoms with Gasteiger partial charge in [0.05, 0.1) is 30.0 Å². The number of aromatic nitrogens is 2. The first-order valence-electron chi connectivity index (χ1n) is 5.53. The van der Waals surface area contributed by atoms with Crippen molar-refractivity contribution in [2.24, 2.45) is 0 Å². The monoisotopic (exact) mass is 264 g/mol. The summed E-state index contributed by atoms with van der Waals surface area (Å²) in [5.74, 6) is 1.26. The maximum atomic E-state index is 5.74. The van der Waals surface area contributed by atoms with Gasteiger partial charge in [0, 0.05) is 12.4 Å². The molecule has 2 N–H and O–H groups in total. The van der Waals surface area contributed by atoms with Crippen LogP contribution in [0, 0.1) is 6.92 Å². The molecule has 0 saturated heterocycles. The lowest BCUT2D eigenvalue weighted by Gasteiger charge is -2.17. The molecule has 0 radical (unpaired) electrons. The van der Waals surface area contributed by atoms with E-state index in [0.717, 1.165) is 16.5 Å². The highest BCUT2D eigenvalue weighted by Gasteiger charge is 2.09. The molecule has 5 nitrogen and oxygen atoms in total. The van der Waals surface area contributed by atoms with E-state index in [0.29, 0.717) is 18.1 Å². The molecule has 0 saturated carbocycles. The summed E-state index contributed by atoms with van der Waals surface area (Å²) in [7, 11) is 3.53. The van der Waals surface area contributed by atoms with Crippen molar-refractivity contribution in [3.05, 3.63) is 28.2 Å². The Labute approximate surface area is 110 Å². The predicted octanol–water partition coefficient (Wildman–Crippen LogP) is 2.07. The topological polar surface area (TPSA) is 64.3 Å². The van der Waals surface area contributed by atoms with Crippen LogP contribution in [0.4, 0.5) is 11.5 Å². The number of hydrogen-bond donors (Lipinski definition) is 1. The van der Waals surface area contributed by atoms with Crippen molar-refractivity contribution in [1.82, 2.24) is 9.97 Å². The number of ether oxygens (including phenoxy) is 1. The molecule has 0 spiro atoms. The number of thiazole rings is 1. The minimum Gasteiger partial charge on any atom is -0.479 e. The van der Waals surface area contributed by atoms with Crippen LogP contribution in [0.3, 0.4) is 0 Å². The lowest BCUT2D eigenvalue weighted by Crippen LogP contribution is -2.18. The van der Waals surface area contributed by atoms with Crippen LogP contribution < -0.4 is 15.4 Å². The van der Waals surface area contributed by atoms with Crippen molar-refractivity contribution < 1.29 is 4.74 Å². The zero-order valence-electron chi connectivity index (χ0n) is 10.7. The Bertz CT molecular complexity index is 541. The van der Waals surface area contributed by atoms with Crippen LogP contribution in [0.2, 0.25) is 0 Å². The molecule has 6 heteroatoms. The van der Waals surface area contributed by atoms with Crippen molar-refractivity contribution in [3.63, 3.8) is 0 Å². The van der Waals surface area contributed by atoms with Crippen molar-refractivity contribution in [1.29, 1.82) is 0 Å². The number of methoxy groups -OCH3 is 1. The Balaban J connectivity index is 2.15. The summed E-state index contributed by atoms with van der Waals surface area (Å²) in [5.41, 5.74) is 7.32. The maximum Gasteiger partial charge on any atom is 0.238 e. The van der Waals surface area contributed by atoms with Crippen LogP contribution in [-0.2, 0) is 6.54 Å². The second-order valence-corrected chi connectivity index (χ2v) is 5.04. The van der Waals surface area contributed by atoms with E-state index in [1.807, 2.05) is 24.9 Å². The van der Waals surface area contributed by atoms with Crippen LogP contribution in [0.15, 0.2) is 17.5 Å². The molecule has 0 aliphatic heterocycles. The minimum atomic E-state index is 0.453. The summed E-state index contributed by atoms with van der Waals surface area (Å²) in [4.78, 5) is 10.8. The first kappa shape index (κ1) is 12.6. The van der Waals surface area contributed by atoms with E-state index < -0.39 is 0 Å². The van der Waals surface area contributed by atoms with E-state index in [1.165, 1.54) is 0 Å². The Kier molecular flexibility index (Phi) is 3.66. The van der Waals surface area contributed by atoms with Crippen molar-refractivity contribution in [3.8, 4) is 5.88 Å². The molecule has 0 aliphatic carbocycles. The predicted molar refractivity (Wildman–Crippen MR) is 74.2 cm³/mol. The molecule has 0 amide bonds. The fourth-order valence-corrected chi connectivity index (χ4v) is 2.23. The summed E-state index contributed by atoms with van der Waals surface area (Å²) in [5, 5.41) is 3.13. The van der Waals surface area contributed by atoms with Gasteiger partial charge in [0.15, 0.2) is 0 Å². The fraction of sp³-hybridized carbons (Fsp3) is 0.333. The molecule has 0 aliphatic rings. The third-order valence-electron chi connectivity index (χ3n) is 2.53. The molecule has 0 atom stereocenters. The molecular formula is C12H16N4OS. The summed E-state index contributed by atoms with van der Waals surface area (Å²) < 4.78 is 5.11. The van der Waals surface area contributed by atoms with Gasteiger partial charge in [-0.3, -0.25) is 0 Å². The van der Waals surface area contributed by atoms with Gasteiger partial charge in [-0.2, -0.15) is 4.98 Å². The Morgan fingerprint density at radius 1 is 1.39 bits per heavy atom.